The molecule has 0 radical (unpaired) electrons. The van der Waals surface area contributed by atoms with E-state index in [9.17, 15) is 10.2 Å². The second-order valence-corrected chi connectivity index (χ2v) is 6.08. The van der Waals surface area contributed by atoms with Crippen molar-refractivity contribution in [2.24, 2.45) is 0 Å². The van der Waals surface area contributed by atoms with Gasteiger partial charge >= 0.3 is 0 Å². The van der Waals surface area contributed by atoms with E-state index < -0.39 is 0 Å². The fourth-order valence-electron chi connectivity index (χ4n) is 2.59. The van der Waals surface area contributed by atoms with Crippen molar-refractivity contribution < 1.29 is 10.2 Å². The standard InChI is InChI=1S/C21H18N6O2/c28-17-12-6-4-10-15(17)23-20-25-19(22-14-8-2-1-3-9-14)26-21(27-20)24-16-11-5-7-13-18(16)29/h1-13,28-29H,(H3,22,23,24,25,26,27). The number of benzene rings is 3. The number of hydrogen-bond acceptors (Lipinski definition) is 8. The van der Waals surface area contributed by atoms with E-state index in [0.29, 0.717) is 17.3 Å². The van der Waals surface area contributed by atoms with E-state index >= 15 is 0 Å². The molecule has 4 rings (SSSR count). The minimum absolute atomic E-state index is 0.0701. The Morgan fingerprint density at radius 2 is 0.897 bits per heavy atom. The molecule has 8 heteroatoms. The average Bonchev–Trinajstić information content (AvgIpc) is 2.72. The predicted octanol–water partition coefficient (Wildman–Crippen LogP) is 4.51. The molecule has 1 aromatic heterocycles. The van der Waals surface area contributed by atoms with Crippen LogP contribution in [-0.2, 0) is 0 Å². The first-order valence-electron chi connectivity index (χ1n) is 8.85. The molecule has 0 spiro atoms. The van der Waals surface area contributed by atoms with E-state index in [1.54, 1.807) is 48.5 Å². The highest BCUT2D eigenvalue weighted by atomic mass is 16.3. The van der Waals surface area contributed by atoms with Crippen LogP contribution in [0.15, 0.2) is 78.9 Å². The highest BCUT2D eigenvalue weighted by Gasteiger charge is 2.11. The number of phenolic OH excluding ortho intramolecular Hbond substituents is 2. The van der Waals surface area contributed by atoms with Gasteiger partial charge in [-0.15, -0.1) is 0 Å². The summed E-state index contributed by atoms with van der Waals surface area (Å²) in [5, 5.41) is 29.1. The molecule has 3 aromatic carbocycles. The highest BCUT2D eigenvalue weighted by Crippen LogP contribution is 2.28. The number of aromatic hydroxyl groups is 2. The van der Waals surface area contributed by atoms with Gasteiger partial charge in [0.15, 0.2) is 0 Å². The van der Waals surface area contributed by atoms with Crippen molar-refractivity contribution in [1.29, 1.82) is 0 Å². The summed E-state index contributed by atoms with van der Waals surface area (Å²) in [7, 11) is 0. The van der Waals surface area contributed by atoms with Gasteiger partial charge < -0.3 is 26.2 Å². The van der Waals surface area contributed by atoms with Crippen LogP contribution in [0.5, 0.6) is 11.5 Å². The van der Waals surface area contributed by atoms with Gasteiger partial charge in [-0.3, -0.25) is 0 Å². The summed E-state index contributed by atoms with van der Waals surface area (Å²) in [5.74, 6) is 0.874. The molecule has 4 aromatic rings. The molecule has 0 saturated carbocycles. The van der Waals surface area contributed by atoms with Crippen LogP contribution in [-0.4, -0.2) is 25.2 Å². The average molecular weight is 386 g/mol. The summed E-state index contributed by atoms with van der Waals surface area (Å²) in [6, 6.07) is 23.0. The summed E-state index contributed by atoms with van der Waals surface area (Å²) in [5.41, 5.74) is 1.72. The molecule has 1 heterocycles. The maximum atomic E-state index is 10.0. The minimum atomic E-state index is 0.0701. The van der Waals surface area contributed by atoms with Crippen molar-refractivity contribution in [3.63, 3.8) is 0 Å². The van der Waals surface area contributed by atoms with Gasteiger partial charge in [0.2, 0.25) is 17.8 Å². The van der Waals surface area contributed by atoms with Crippen molar-refractivity contribution in [3.8, 4) is 11.5 Å². The molecule has 8 nitrogen and oxygen atoms in total. The van der Waals surface area contributed by atoms with Crippen LogP contribution in [0.1, 0.15) is 0 Å². The molecular formula is C21H18N6O2. The molecule has 5 N–H and O–H groups in total. The molecule has 0 bridgehead atoms. The summed E-state index contributed by atoms with van der Waals surface area (Å²) >= 11 is 0. The number of nitrogens with one attached hydrogen (secondary N) is 3. The van der Waals surface area contributed by atoms with Crippen molar-refractivity contribution in [3.05, 3.63) is 78.9 Å². The van der Waals surface area contributed by atoms with E-state index in [1.807, 2.05) is 30.3 Å². The Labute approximate surface area is 166 Å². The van der Waals surface area contributed by atoms with Crippen molar-refractivity contribution in [2.75, 3.05) is 16.0 Å². The number of para-hydroxylation sites is 5. The second kappa shape index (κ2) is 8.13. The van der Waals surface area contributed by atoms with Gasteiger partial charge in [-0.25, -0.2) is 0 Å². The fraction of sp³-hybridized carbons (Fsp3) is 0. The Morgan fingerprint density at radius 1 is 0.483 bits per heavy atom. The molecule has 144 valence electrons. The number of phenols is 2. The maximum absolute atomic E-state index is 10.0. The third-order valence-corrected chi connectivity index (χ3v) is 3.97. The van der Waals surface area contributed by atoms with E-state index in [1.165, 1.54) is 0 Å². The molecule has 0 aliphatic rings. The largest absolute Gasteiger partial charge is 0.506 e. The Morgan fingerprint density at radius 3 is 1.38 bits per heavy atom. The zero-order chi connectivity index (χ0) is 20.1. The highest BCUT2D eigenvalue weighted by molar-refractivity contribution is 5.66. The van der Waals surface area contributed by atoms with E-state index in [2.05, 4.69) is 30.9 Å². The van der Waals surface area contributed by atoms with Crippen molar-refractivity contribution in [1.82, 2.24) is 15.0 Å². The molecule has 0 unspecified atom stereocenters. The van der Waals surface area contributed by atoms with Crippen LogP contribution >= 0.6 is 0 Å². The van der Waals surface area contributed by atoms with Gasteiger partial charge in [-0.05, 0) is 36.4 Å². The van der Waals surface area contributed by atoms with E-state index in [-0.39, 0.29) is 23.4 Å². The summed E-state index contributed by atoms with van der Waals surface area (Å²) in [4.78, 5) is 13.1. The third kappa shape index (κ3) is 4.51. The summed E-state index contributed by atoms with van der Waals surface area (Å²) in [6.45, 7) is 0. The first-order valence-corrected chi connectivity index (χ1v) is 8.85. The van der Waals surface area contributed by atoms with Gasteiger partial charge in [-0.2, -0.15) is 15.0 Å². The quantitative estimate of drug-likeness (QED) is 0.307. The van der Waals surface area contributed by atoms with Gasteiger partial charge in [0.25, 0.3) is 0 Å². The van der Waals surface area contributed by atoms with Gasteiger partial charge in [0.1, 0.15) is 11.5 Å². The Kier molecular flexibility index (Phi) is 5.06. The summed E-state index contributed by atoms with van der Waals surface area (Å²) in [6.07, 6.45) is 0. The molecule has 29 heavy (non-hydrogen) atoms. The number of rotatable bonds is 6. The van der Waals surface area contributed by atoms with Crippen LogP contribution < -0.4 is 16.0 Å². The van der Waals surface area contributed by atoms with Crippen molar-refractivity contribution >= 4 is 34.9 Å². The van der Waals surface area contributed by atoms with Gasteiger partial charge in [0, 0.05) is 5.69 Å². The van der Waals surface area contributed by atoms with E-state index in [4.69, 9.17) is 0 Å². The van der Waals surface area contributed by atoms with Gasteiger partial charge in [0.05, 0.1) is 11.4 Å². The molecule has 0 atom stereocenters. The monoisotopic (exact) mass is 386 g/mol. The number of aromatic nitrogens is 3. The lowest BCUT2D eigenvalue weighted by atomic mass is 10.3. The number of hydrogen-bond donors (Lipinski definition) is 5. The Hall–Kier alpha value is -4.33. The molecule has 0 aliphatic heterocycles. The van der Waals surface area contributed by atoms with Crippen LogP contribution in [0, 0.1) is 0 Å². The Balaban J connectivity index is 1.68. The lowest BCUT2D eigenvalue weighted by Gasteiger charge is -2.12. The van der Waals surface area contributed by atoms with Crippen LogP contribution in [0.25, 0.3) is 0 Å². The molecular weight excluding hydrogens is 368 g/mol. The van der Waals surface area contributed by atoms with Gasteiger partial charge in [-0.1, -0.05) is 42.5 Å². The predicted molar refractivity (Wildman–Crippen MR) is 112 cm³/mol. The topological polar surface area (TPSA) is 115 Å². The molecule has 0 saturated heterocycles. The van der Waals surface area contributed by atoms with Crippen LogP contribution in [0.4, 0.5) is 34.9 Å². The van der Waals surface area contributed by atoms with Crippen LogP contribution in [0.2, 0.25) is 0 Å². The number of nitrogens with zero attached hydrogens (tertiary/aromatic N) is 3. The normalized spacial score (nSPS) is 10.3. The summed E-state index contributed by atoms with van der Waals surface area (Å²) < 4.78 is 0. The van der Waals surface area contributed by atoms with E-state index in [0.717, 1.165) is 5.69 Å². The third-order valence-electron chi connectivity index (χ3n) is 3.97. The molecule has 0 amide bonds. The minimum Gasteiger partial charge on any atom is -0.506 e. The maximum Gasteiger partial charge on any atom is 0.233 e. The van der Waals surface area contributed by atoms with Crippen molar-refractivity contribution in [2.45, 2.75) is 0 Å². The lowest BCUT2D eigenvalue weighted by molar-refractivity contribution is 0.477. The molecule has 0 aliphatic carbocycles. The zero-order valence-electron chi connectivity index (χ0n) is 15.2. The first kappa shape index (κ1) is 18.1. The number of anilines is 6. The Bertz CT molecular complexity index is 1060. The second-order valence-electron chi connectivity index (χ2n) is 6.08. The van der Waals surface area contributed by atoms with Crippen LogP contribution in [0.3, 0.4) is 0 Å². The smallest absolute Gasteiger partial charge is 0.233 e. The molecule has 0 fully saturated rings. The zero-order valence-corrected chi connectivity index (χ0v) is 15.2. The lowest BCUT2D eigenvalue weighted by Crippen LogP contribution is -2.07. The fourth-order valence-corrected chi connectivity index (χ4v) is 2.59. The SMILES string of the molecule is Oc1ccccc1Nc1nc(Nc2ccccc2)nc(Nc2ccccc2O)n1. The first-order chi connectivity index (χ1) is 14.2.